The molecule has 2 aliphatic carbocycles. The van der Waals surface area contributed by atoms with Crippen LogP contribution in [0.25, 0.3) is 0 Å². The fraction of sp³-hybridized carbons (Fsp3) is 0.941. The van der Waals surface area contributed by atoms with Gasteiger partial charge in [-0.05, 0) is 52.6 Å². The highest BCUT2D eigenvalue weighted by Crippen LogP contribution is 2.36. The van der Waals surface area contributed by atoms with E-state index in [-0.39, 0.29) is 5.97 Å². The van der Waals surface area contributed by atoms with Gasteiger partial charge >= 0.3 is 5.97 Å². The lowest BCUT2D eigenvalue weighted by Gasteiger charge is -2.36. The Hall–Kier alpha value is -0.610. The van der Waals surface area contributed by atoms with Crippen LogP contribution in [0.5, 0.6) is 0 Å². The first-order chi connectivity index (χ1) is 10.1. The summed E-state index contributed by atoms with van der Waals surface area (Å²) in [5, 5.41) is 3.43. The van der Waals surface area contributed by atoms with Gasteiger partial charge < -0.3 is 15.0 Å². The minimum Gasteiger partial charge on any atom is -0.465 e. The van der Waals surface area contributed by atoms with Crippen molar-refractivity contribution in [1.29, 1.82) is 0 Å². The van der Waals surface area contributed by atoms with Crippen LogP contribution >= 0.6 is 0 Å². The van der Waals surface area contributed by atoms with Crippen molar-refractivity contribution in [1.82, 2.24) is 10.2 Å². The van der Waals surface area contributed by atoms with Gasteiger partial charge in [0, 0.05) is 12.1 Å². The summed E-state index contributed by atoms with van der Waals surface area (Å²) < 4.78 is 5.34. The van der Waals surface area contributed by atoms with E-state index in [4.69, 9.17) is 4.74 Å². The van der Waals surface area contributed by atoms with E-state index < -0.39 is 5.54 Å². The first-order valence-corrected chi connectivity index (χ1v) is 8.77. The average molecular weight is 296 g/mol. The lowest BCUT2D eigenvalue weighted by Crippen LogP contribution is -2.52. The van der Waals surface area contributed by atoms with E-state index in [2.05, 4.69) is 24.2 Å². The first kappa shape index (κ1) is 16.8. The van der Waals surface area contributed by atoms with Gasteiger partial charge in [0.2, 0.25) is 0 Å². The van der Waals surface area contributed by atoms with E-state index in [1.807, 2.05) is 6.92 Å². The highest BCUT2D eigenvalue weighted by atomic mass is 16.5. The van der Waals surface area contributed by atoms with Crippen molar-refractivity contribution in [2.45, 2.75) is 82.8 Å². The molecule has 0 saturated heterocycles. The van der Waals surface area contributed by atoms with Gasteiger partial charge in [-0.3, -0.25) is 4.79 Å². The predicted octanol–water partition coefficient (Wildman–Crippen LogP) is 2.71. The summed E-state index contributed by atoms with van der Waals surface area (Å²) in [6.45, 7) is 5.24. The second-order valence-electron chi connectivity index (χ2n) is 6.69. The van der Waals surface area contributed by atoms with Gasteiger partial charge in [0.25, 0.3) is 0 Å². The molecule has 21 heavy (non-hydrogen) atoms. The highest BCUT2D eigenvalue weighted by molar-refractivity contribution is 5.81. The summed E-state index contributed by atoms with van der Waals surface area (Å²) >= 11 is 0. The summed E-state index contributed by atoms with van der Waals surface area (Å²) in [7, 11) is 2.26. The standard InChI is InChI=1S/C17H32N2O2/c1-4-18-17(16(20)21-5-2)12-11-15(13-17)19(3)14-9-7-6-8-10-14/h14-15,18H,4-13H2,1-3H3. The lowest BCUT2D eigenvalue weighted by atomic mass is 9.92. The van der Waals surface area contributed by atoms with Gasteiger partial charge in [0.05, 0.1) is 6.61 Å². The molecule has 0 aromatic heterocycles. The van der Waals surface area contributed by atoms with Crippen LogP contribution in [0.4, 0.5) is 0 Å². The number of carbonyl (C=O) groups is 1. The van der Waals surface area contributed by atoms with Crippen molar-refractivity contribution in [3.05, 3.63) is 0 Å². The Kier molecular flexibility index (Phi) is 6.06. The summed E-state index contributed by atoms with van der Waals surface area (Å²) in [5.41, 5.74) is -0.446. The predicted molar refractivity (Wildman–Crippen MR) is 85.3 cm³/mol. The molecule has 2 fully saturated rings. The third-order valence-electron chi connectivity index (χ3n) is 5.40. The molecule has 0 spiro atoms. The van der Waals surface area contributed by atoms with E-state index >= 15 is 0 Å². The van der Waals surface area contributed by atoms with Gasteiger partial charge in [0.1, 0.15) is 5.54 Å². The van der Waals surface area contributed by atoms with Crippen molar-refractivity contribution >= 4 is 5.97 Å². The fourth-order valence-electron chi connectivity index (χ4n) is 4.18. The number of hydrogen-bond donors (Lipinski definition) is 1. The molecule has 0 heterocycles. The molecular formula is C17H32N2O2. The summed E-state index contributed by atoms with van der Waals surface area (Å²) in [6, 6.07) is 1.22. The molecule has 4 nitrogen and oxygen atoms in total. The molecule has 0 bridgehead atoms. The minimum atomic E-state index is -0.446. The highest BCUT2D eigenvalue weighted by Gasteiger charge is 2.47. The Labute approximate surface area is 129 Å². The van der Waals surface area contributed by atoms with Gasteiger partial charge in [-0.1, -0.05) is 26.2 Å². The number of ether oxygens (including phenoxy) is 1. The molecule has 1 N–H and O–H groups in total. The second-order valence-corrected chi connectivity index (χ2v) is 6.69. The second kappa shape index (κ2) is 7.59. The topological polar surface area (TPSA) is 41.6 Å². The molecule has 4 heteroatoms. The monoisotopic (exact) mass is 296 g/mol. The van der Waals surface area contributed by atoms with Crippen LogP contribution in [0.3, 0.4) is 0 Å². The maximum atomic E-state index is 12.4. The van der Waals surface area contributed by atoms with Crippen molar-refractivity contribution in [2.24, 2.45) is 0 Å². The largest absolute Gasteiger partial charge is 0.465 e. The minimum absolute atomic E-state index is 0.0496. The van der Waals surface area contributed by atoms with E-state index in [9.17, 15) is 4.79 Å². The molecule has 2 aliphatic rings. The Balaban J connectivity index is 1.99. The molecule has 2 rings (SSSR count). The number of rotatable bonds is 6. The Bertz CT molecular complexity index is 342. The van der Waals surface area contributed by atoms with Crippen molar-refractivity contribution in [3.63, 3.8) is 0 Å². The van der Waals surface area contributed by atoms with E-state index in [1.54, 1.807) is 0 Å². The van der Waals surface area contributed by atoms with Crippen molar-refractivity contribution < 1.29 is 9.53 Å². The van der Waals surface area contributed by atoms with Crippen LogP contribution in [0.2, 0.25) is 0 Å². The zero-order valence-electron chi connectivity index (χ0n) is 14.0. The quantitative estimate of drug-likeness (QED) is 0.765. The molecule has 0 aliphatic heterocycles. The van der Waals surface area contributed by atoms with Gasteiger partial charge in [-0.25, -0.2) is 0 Å². The van der Waals surface area contributed by atoms with Crippen molar-refractivity contribution in [3.8, 4) is 0 Å². The zero-order valence-corrected chi connectivity index (χ0v) is 14.0. The molecule has 2 saturated carbocycles. The molecule has 0 amide bonds. The maximum absolute atomic E-state index is 12.4. The molecule has 2 atom stereocenters. The summed E-state index contributed by atoms with van der Waals surface area (Å²) in [4.78, 5) is 15.0. The number of hydrogen-bond acceptors (Lipinski definition) is 4. The smallest absolute Gasteiger partial charge is 0.326 e. The number of esters is 1. The Morgan fingerprint density at radius 1 is 1.19 bits per heavy atom. The third-order valence-corrected chi connectivity index (χ3v) is 5.40. The average Bonchev–Trinajstić information content (AvgIpc) is 2.94. The van der Waals surface area contributed by atoms with Gasteiger partial charge in [-0.15, -0.1) is 0 Å². The van der Waals surface area contributed by atoms with Gasteiger partial charge in [0.15, 0.2) is 0 Å². The number of likely N-dealkylation sites (N-methyl/N-ethyl adjacent to an activating group) is 1. The molecule has 2 unspecified atom stereocenters. The Morgan fingerprint density at radius 2 is 1.90 bits per heavy atom. The maximum Gasteiger partial charge on any atom is 0.326 e. The lowest BCUT2D eigenvalue weighted by molar-refractivity contribution is -0.151. The number of carbonyl (C=O) groups excluding carboxylic acids is 1. The van der Waals surface area contributed by atoms with Crippen LogP contribution in [0.1, 0.15) is 65.2 Å². The van der Waals surface area contributed by atoms with Crippen LogP contribution in [0.15, 0.2) is 0 Å². The molecular weight excluding hydrogens is 264 g/mol. The van der Waals surface area contributed by atoms with Crippen LogP contribution in [-0.2, 0) is 9.53 Å². The van der Waals surface area contributed by atoms with E-state index in [0.29, 0.717) is 18.7 Å². The van der Waals surface area contributed by atoms with Gasteiger partial charge in [-0.2, -0.15) is 0 Å². The Morgan fingerprint density at radius 3 is 2.52 bits per heavy atom. The molecule has 0 aromatic carbocycles. The molecule has 122 valence electrons. The fourth-order valence-corrected chi connectivity index (χ4v) is 4.18. The third kappa shape index (κ3) is 3.78. The normalized spacial score (nSPS) is 30.8. The number of nitrogens with zero attached hydrogens (tertiary/aromatic N) is 1. The zero-order chi connectivity index (χ0) is 15.3. The summed E-state index contributed by atoms with van der Waals surface area (Å²) in [6.07, 6.45) is 9.64. The summed E-state index contributed by atoms with van der Waals surface area (Å²) in [5.74, 6) is -0.0496. The van der Waals surface area contributed by atoms with E-state index in [1.165, 1.54) is 32.1 Å². The van der Waals surface area contributed by atoms with Crippen LogP contribution in [-0.4, -0.2) is 48.7 Å². The van der Waals surface area contributed by atoms with E-state index in [0.717, 1.165) is 25.8 Å². The van der Waals surface area contributed by atoms with Crippen LogP contribution in [0, 0.1) is 0 Å². The van der Waals surface area contributed by atoms with Crippen LogP contribution < -0.4 is 5.32 Å². The molecule has 0 radical (unpaired) electrons. The number of nitrogens with one attached hydrogen (secondary N) is 1. The SMILES string of the molecule is CCNC1(C(=O)OCC)CCC(N(C)C2CCCCC2)C1. The van der Waals surface area contributed by atoms with Crippen molar-refractivity contribution in [2.75, 3.05) is 20.2 Å². The first-order valence-electron chi connectivity index (χ1n) is 8.77. The molecule has 0 aromatic rings.